The van der Waals surface area contributed by atoms with E-state index in [1.54, 1.807) is 6.07 Å². The molecule has 0 atom stereocenters. The minimum Gasteiger partial charge on any atom is -0.323 e. The van der Waals surface area contributed by atoms with Crippen LogP contribution in [0.1, 0.15) is 22.3 Å². The first kappa shape index (κ1) is 17.4. The molecular weight excluding hydrogens is 336 g/mol. The van der Waals surface area contributed by atoms with Crippen LogP contribution in [0.5, 0.6) is 0 Å². The standard InChI is InChI=1S/C18H16F4N2O/c19-17-14-7-8-23-10-12(14)3-6-15(17)24-16(25)9-11-1-4-13(5-2-11)18(20,21)22/h1-6,23H,7-10H2,(H,24,25). The van der Waals surface area contributed by atoms with Gasteiger partial charge in [0.05, 0.1) is 17.7 Å². The molecule has 0 saturated heterocycles. The number of amides is 1. The summed E-state index contributed by atoms with van der Waals surface area (Å²) in [5.41, 5.74) is 1.20. The Balaban J connectivity index is 1.69. The lowest BCUT2D eigenvalue weighted by Gasteiger charge is -2.19. The van der Waals surface area contributed by atoms with Crippen molar-refractivity contribution in [1.29, 1.82) is 0 Å². The van der Waals surface area contributed by atoms with Gasteiger partial charge in [-0.25, -0.2) is 4.39 Å². The number of halogens is 4. The van der Waals surface area contributed by atoms with Gasteiger partial charge < -0.3 is 10.6 Å². The summed E-state index contributed by atoms with van der Waals surface area (Å²) in [5.74, 6) is -0.924. The van der Waals surface area contributed by atoms with Crippen LogP contribution in [0.15, 0.2) is 36.4 Å². The summed E-state index contributed by atoms with van der Waals surface area (Å²) in [6.45, 7) is 1.26. The maximum atomic E-state index is 14.5. The van der Waals surface area contributed by atoms with Crippen molar-refractivity contribution in [2.24, 2.45) is 0 Å². The van der Waals surface area contributed by atoms with Gasteiger partial charge in [0.1, 0.15) is 5.82 Å². The molecule has 1 aliphatic heterocycles. The quantitative estimate of drug-likeness (QED) is 0.828. The van der Waals surface area contributed by atoms with Crippen molar-refractivity contribution in [1.82, 2.24) is 5.32 Å². The van der Waals surface area contributed by atoms with Crippen LogP contribution in [0.2, 0.25) is 0 Å². The Morgan fingerprint density at radius 1 is 1.12 bits per heavy atom. The van der Waals surface area contributed by atoms with E-state index >= 15 is 0 Å². The molecule has 0 aliphatic carbocycles. The maximum absolute atomic E-state index is 14.5. The summed E-state index contributed by atoms with van der Waals surface area (Å²) >= 11 is 0. The molecule has 0 saturated carbocycles. The van der Waals surface area contributed by atoms with Crippen LogP contribution in [0, 0.1) is 5.82 Å². The van der Waals surface area contributed by atoms with Gasteiger partial charge in [0.2, 0.25) is 5.91 Å². The van der Waals surface area contributed by atoms with Gasteiger partial charge in [-0.05, 0) is 47.9 Å². The fraction of sp³-hybridized carbons (Fsp3) is 0.278. The fourth-order valence-corrected chi connectivity index (χ4v) is 2.82. The number of anilines is 1. The van der Waals surface area contributed by atoms with Crippen LogP contribution in [-0.2, 0) is 30.4 Å². The van der Waals surface area contributed by atoms with Crippen molar-refractivity contribution >= 4 is 11.6 Å². The largest absolute Gasteiger partial charge is 0.416 e. The first-order chi connectivity index (χ1) is 11.8. The molecule has 0 bridgehead atoms. The summed E-state index contributed by atoms with van der Waals surface area (Å²) in [6, 6.07) is 7.61. The molecule has 3 rings (SSSR count). The number of carbonyl (C=O) groups excluding carboxylic acids is 1. The van der Waals surface area contributed by atoms with Gasteiger partial charge in [0, 0.05) is 6.54 Å². The number of nitrogens with one attached hydrogen (secondary N) is 2. The first-order valence-electron chi connectivity index (χ1n) is 7.81. The molecule has 25 heavy (non-hydrogen) atoms. The zero-order valence-corrected chi connectivity index (χ0v) is 13.2. The van der Waals surface area contributed by atoms with Crippen LogP contribution < -0.4 is 10.6 Å². The summed E-state index contributed by atoms with van der Waals surface area (Å²) in [7, 11) is 0. The molecule has 0 fully saturated rings. The number of hydrogen-bond donors (Lipinski definition) is 2. The van der Waals surface area contributed by atoms with Gasteiger partial charge in [-0.1, -0.05) is 18.2 Å². The zero-order chi connectivity index (χ0) is 18.0. The van der Waals surface area contributed by atoms with Gasteiger partial charge in [0.25, 0.3) is 0 Å². The molecule has 0 spiro atoms. The van der Waals surface area contributed by atoms with Crippen molar-refractivity contribution in [3.05, 3.63) is 64.5 Å². The molecule has 1 amide bonds. The highest BCUT2D eigenvalue weighted by molar-refractivity contribution is 5.92. The Bertz CT molecular complexity index is 785. The van der Waals surface area contributed by atoms with Gasteiger partial charge in [0.15, 0.2) is 0 Å². The number of hydrogen-bond acceptors (Lipinski definition) is 2. The summed E-state index contributed by atoms with van der Waals surface area (Å²) in [4.78, 5) is 12.1. The molecular formula is C18H16F4N2O. The lowest BCUT2D eigenvalue weighted by atomic mass is 9.99. The lowest BCUT2D eigenvalue weighted by molar-refractivity contribution is -0.137. The second kappa shape index (κ2) is 6.84. The Morgan fingerprint density at radius 3 is 2.52 bits per heavy atom. The Labute approximate surface area is 142 Å². The SMILES string of the molecule is O=C(Cc1ccc(C(F)(F)F)cc1)Nc1ccc2c(c1F)CCNC2. The Kier molecular flexibility index (Phi) is 4.76. The topological polar surface area (TPSA) is 41.1 Å². The normalized spacial score (nSPS) is 14.1. The van der Waals surface area contributed by atoms with Crippen LogP contribution in [0.3, 0.4) is 0 Å². The van der Waals surface area contributed by atoms with Crippen molar-refractivity contribution in [2.75, 3.05) is 11.9 Å². The average Bonchev–Trinajstić information content (AvgIpc) is 2.57. The zero-order valence-electron chi connectivity index (χ0n) is 13.2. The van der Waals surface area contributed by atoms with Crippen molar-refractivity contribution in [3.63, 3.8) is 0 Å². The summed E-state index contributed by atoms with van der Waals surface area (Å²) < 4.78 is 52.0. The van der Waals surface area contributed by atoms with Crippen molar-refractivity contribution in [2.45, 2.75) is 25.6 Å². The van der Waals surface area contributed by atoms with Gasteiger partial charge in [-0.2, -0.15) is 13.2 Å². The van der Waals surface area contributed by atoms with E-state index in [2.05, 4.69) is 10.6 Å². The lowest BCUT2D eigenvalue weighted by Crippen LogP contribution is -2.25. The van der Waals surface area contributed by atoms with E-state index in [1.807, 2.05) is 0 Å². The highest BCUT2D eigenvalue weighted by Gasteiger charge is 2.30. The second-order valence-electron chi connectivity index (χ2n) is 5.91. The minimum atomic E-state index is -4.41. The summed E-state index contributed by atoms with van der Waals surface area (Å²) in [5, 5.41) is 5.64. The highest BCUT2D eigenvalue weighted by Crippen LogP contribution is 2.29. The number of fused-ring (bicyclic) bond motifs is 1. The number of carbonyl (C=O) groups is 1. The third kappa shape index (κ3) is 3.99. The van der Waals surface area contributed by atoms with E-state index in [4.69, 9.17) is 0 Å². The molecule has 1 heterocycles. The van der Waals surface area contributed by atoms with E-state index in [9.17, 15) is 22.4 Å². The molecule has 2 N–H and O–H groups in total. The maximum Gasteiger partial charge on any atom is 0.416 e. The van der Waals surface area contributed by atoms with E-state index in [0.717, 1.165) is 17.7 Å². The third-order valence-corrected chi connectivity index (χ3v) is 4.13. The number of rotatable bonds is 3. The van der Waals surface area contributed by atoms with Gasteiger partial charge in [-0.15, -0.1) is 0 Å². The first-order valence-corrected chi connectivity index (χ1v) is 7.81. The molecule has 3 nitrogen and oxygen atoms in total. The van der Waals surface area contributed by atoms with Crippen LogP contribution in [0.25, 0.3) is 0 Å². The predicted octanol–water partition coefficient (Wildman–Crippen LogP) is 3.67. The monoisotopic (exact) mass is 352 g/mol. The number of benzene rings is 2. The molecule has 2 aromatic rings. The molecule has 7 heteroatoms. The highest BCUT2D eigenvalue weighted by atomic mass is 19.4. The molecule has 1 aliphatic rings. The minimum absolute atomic E-state index is 0.0950. The third-order valence-electron chi connectivity index (χ3n) is 4.13. The van der Waals surface area contributed by atoms with Crippen molar-refractivity contribution < 1.29 is 22.4 Å². The fourth-order valence-electron chi connectivity index (χ4n) is 2.82. The molecule has 0 unspecified atom stereocenters. The second-order valence-corrected chi connectivity index (χ2v) is 5.91. The molecule has 132 valence electrons. The predicted molar refractivity (Wildman–Crippen MR) is 85.6 cm³/mol. The number of alkyl halides is 3. The molecule has 0 aromatic heterocycles. The Hall–Kier alpha value is -2.41. The van der Waals surface area contributed by atoms with E-state index in [-0.39, 0.29) is 12.1 Å². The van der Waals surface area contributed by atoms with Crippen molar-refractivity contribution in [3.8, 4) is 0 Å². The Morgan fingerprint density at radius 2 is 1.84 bits per heavy atom. The van der Waals surface area contributed by atoms with E-state index in [1.165, 1.54) is 18.2 Å². The van der Waals surface area contributed by atoms with Crippen LogP contribution in [0.4, 0.5) is 23.2 Å². The van der Waals surface area contributed by atoms with Crippen LogP contribution in [-0.4, -0.2) is 12.5 Å². The molecule has 0 radical (unpaired) electrons. The van der Waals surface area contributed by atoms with Gasteiger partial charge >= 0.3 is 6.18 Å². The van der Waals surface area contributed by atoms with Crippen LogP contribution >= 0.6 is 0 Å². The van der Waals surface area contributed by atoms with Gasteiger partial charge in [-0.3, -0.25) is 4.79 Å². The summed E-state index contributed by atoms with van der Waals surface area (Å²) in [6.07, 6.45) is -4.00. The molecule has 2 aromatic carbocycles. The average molecular weight is 352 g/mol. The smallest absolute Gasteiger partial charge is 0.323 e. The van der Waals surface area contributed by atoms with E-state index < -0.39 is 23.5 Å². The van der Waals surface area contributed by atoms with E-state index in [0.29, 0.717) is 30.6 Å².